The molecule has 0 amide bonds. The van der Waals surface area contributed by atoms with Gasteiger partial charge >= 0.3 is 0 Å². The molecule has 2 heteroatoms. The van der Waals surface area contributed by atoms with E-state index in [4.69, 9.17) is 0 Å². The van der Waals surface area contributed by atoms with E-state index in [0.717, 1.165) is 12.1 Å². The molecule has 0 aliphatic rings. The van der Waals surface area contributed by atoms with E-state index in [2.05, 4.69) is 32.1 Å². The molecular weight excluding hydrogens is 136 g/mol. The summed E-state index contributed by atoms with van der Waals surface area (Å²) in [5.74, 6) is 0.654. The molecule has 0 saturated carbocycles. The van der Waals surface area contributed by atoms with Crippen LogP contribution >= 0.6 is 0 Å². The minimum atomic E-state index is 0.654. The maximum Gasteiger partial charge on any atom is 0.116 e. The van der Waals surface area contributed by atoms with Gasteiger partial charge in [0, 0.05) is 12.2 Å². The van der Waals surface area contributed by atoms with Crippen LogP contribution in [0.25, 0.3) is 0 Å². The van der Waals surface area contributed by atoms with Gasteiger partial charge < -0.3 is 0 Å². The Hall–Kier alpha value is -0.790. The molecule has 0 bridgehead atoms. The first-order chi connectivity index (χ1) is 5.11. The zero-order chi connectivity index (χ0) is 8.43. The summed E-state index contributed by atoms with van der Waals surface area (Å²) in [6, 6.07) is 0. The Balaban J connectivity index is 2.79. The molecule has 1 heterocycles. The molecule has 1 aromatic heterocycles. The predicted octanol–water partition coefficient (Wildman–Crippen LogP) is 1.96. The molecule has 0 saturated heterocycles. The first-order valence-electron chi connectivity index (χ1n) is 4.03. The van der Waals surface area contributed by atoms with Gasteiger partial charge in [-0.15, -0.1) is 0 Å². The maximum atomic E-state index is 4.15. The molecule has 0 atom stereocenters. The molecule has 11 heavy (non-hydrogen) atoms. The summed E-state index contributed by atoms with van der Waals surface area (Å²) in [6.45, 7) is 9.50. The Morgan fingerprint density at radius 1 is 1.45 bits per heavy atom. The molecule has 1 rings (SSSR count). The zero-order valence-electron chi connectivity index (χ0n) is 7.68. The molecule has 0 aromatic carbocycles. The van der Waals surface area contributed by atoms with Crippen molar-refractivity contribution >= 4 is 0 Å². The Morgan fingerprint density at radius 3 is 2.45 bits per heavy atom. The molecule has 0 fully saturated rings. The quantitative estimate of drug-likeness (QED) is 0.631. The van der Waals surface area contributed by atoms with Crippen LogP contribution in [0.4, 0.5) is 0 Å². The fraction of sp³-hybridized carbons (Fsp3) is 0.667. The van der Waals surface area contributed by atoms with Crippen LogP contribution in [0.15, 0.2) is 0 Å². The van der Waals surface area contributed by atoms with Crippen molar-refractivity contribution in [1.82, 2.24) is 9.78 Å². The number of hydrogen-bond acceptors (Lipinski definition) is 1. The van der Waals surface area contributed by atoms with Crippen molar-refractivity contribution in [3.05, 3.63) is 17.5 Å². The van der Waals surface area contributed by atoms with E-state index >= 15 is 0 Å². The molecule has 1 radical (unpaired) electrons. The van der Waals surface area contributed by atoms with Crippen LogP contribution in [-0.4, -0.2) is 9.78 Å². The number of aromatic nitrogens is 2. The zero-order valence-corrected chi connectivity index (χ0v) is 7.68. The molecule has 0 spiro atoms. The number of aryl methyl sites for hydroxylation is 1. The molecule has 1 aromatic rings. The fourth-order valence-corrected chi connectivity index (χ4v) is 1.01. The smallest absolute Gasteiger partial charge is 0.116 e. The topological polar surface area (TPSA) is 17.8 Å². The lowest BCUT2D eigenvalue weighted by Crippen LogP contribution is -2.07. The highest BCUT2D eigenvalue weighted by Gasteiger charge is 2.03. The van der Waals surface area contributed by atoms with E-state index in [0.29, 0.717) is 5.92 Å². The largest absolute Gasteiger partial charge is 0.269 e. The van der Waals surface area contributed by atoms with Gasteiger partial charge in [0.05, 0.1) is 0 Å². The predicted molar refractivity (Wildman–Crippen MR) is 45.4 cm³/mol. The molecule has 0 aliphatic carbocycles. The lowest BCUT2D eigenvalue weighted by molar-refractivity contribution is 0.474. The summed E-state index contributed by atoms with van der Waals surface area (Å²) >= 11 is 0. The van der Waals surface area contributed by atoms with E-state index in [-0.39, 0.29) is 0 Å². The summed E-state index contributed by atoms with van der Waals surface area (Å²) in [5, 5.41) is 4.15. The van der Waals surface area contributed by atoms with Crippen LogP contribution in [0.2, 0.25) is 0 Å². The molecule has 0 N–H and O–H groups in total. The van der Waals surface area contributed by atoms with Gasteiger partial charge in [-0.1, -0.05) is 13.8 Å². The Morgan fingerprint density at radius 2 is 2.09 bits per heavy atom. The number of nitrogens with zero attached hydrogens (tertiary/aromatic N) is 2. The van der Waals surface area contributed by atoms with Crippen LogP contribution in [0.5, 0.6) is 0 Å². The Kier molecular flexibility index (Phi) is 2.32. The van der Waals surface area contributed by atoms with Gasteiger partial charge in [-0.3, -0.25) is 4.68 Å². The third-order valence-electron chi connectivity index (χ3n) is 1.81. The first kappa shape index (κ1) is 8.31. The Labute approximate surface area is 68.2 Å². The van der Waals surface area contributed by atoms with Crippen LogP contribution in [0.1, 0.15) is 25.1 Å². The summed E-state index contributed by atoms with van der Waals surface area (Å²) in [7, 11) is 0. The number of hydrogen-bond donors (Lipinski definition) is 0. The summed E-state index contributed by atoms with van der Waals surface area (Å²) in [6.07, 6.45) is 2.96. The van der Waals surface area contributed by atoms with Crippen molar-refractivity contribution < 1.29 is 0 Å². The molecular formula is C9H15N2. The second-order valence-corrected chi connectivity index (χ2v) is 3.40. The molecule has 0 unspecified atom stereocenters. The second-order valence-electron chi connectivity index (χ2n) is 3.40. The molecule has 0 aliphatic heterocycles. The van der Waals surface area contributed by atoms with Gasteiger partial charge in [-0.05, 0) is 25.3 Å². The van der Waals surface area contributed by atoms with Crippen molar-refractivity contribution in [2.45, 2.75) is 34.2 Å². The standard InChI is InChI=1S/C9H15N2/c1-7(2)6-11-9(4)8(3)5-10-11/h7H,6H2,1-4H3. The summed E-state index contributed by atoms with van der Waals surface area (Å²) < 4.78 is 2.01. The van der Waals surface area contributed by atoms with E-state index < -0.39 is 0 Å². The van der Waals surface area contributed by atoms with E-state index in [1.807, 2.05) is 11.6 Å². The van der Waals surface area contributed by atoms with Crippen molar-refractivity contribution in [3.63, 3.8) is 0 Å². The first-order valence-corrected chi connectivity index (χ1v) is 4.03. The average molecular weight is 151 g/mol. The molecule has 2 nitrogen and oxygen atoms in total. The van der Waals surface area contributed by atoms with Crippen LogP contribution in [-0.2, 0) is 6.54 Å². The van der Waals surface area contributed by atoms with Crippen molar-refractivity contribution in [1.29, 1.82) is 0 Å². The highest BCUT2D eigenvalue weighted by Crippen LogP contribution is 2.06. The van der Waals surface area contributed by atoms with Gasteiger partial charge in [0.15, 0.2) is 0 Å². The van der Waals surface area contributed by atoms with Crippen molar-refractivity contribution in [2.75, 3.05) is 0 Å². The average Bonchev–Trinajstić information content (AvgIpc) is 2.18. The maximum absolute atomic E-state index is 4.15. The van der Waals surface area contributed by atoms with Crippen LogP contribution in [0, 0.1) is 26.0 Å². The van der Waals surface area contributed by atoms with E-state index in [1.54, 1.807) is 0 Å². The van der Waals surface area contributed by atoms with Crippen molar-refractivity contribution in [2.24, 2.45) is 5.92 Å². The van der Waals surface area contributed by atoms with Crippen molar-refractivity contribution in [3.8, 4) is 0 Å². The van der Waals surface area contributed by atoms with Gasteiger partial charge in [0.25, 0.3) is 0 Å². The third-order valence-corrected chi connectivity index (χ3v) is 1.81. The van der Waals surface area contributed by atoms with Crippen LogP contribution < -0.4 is 0 Å². The monoisotopic (exact) mass is 151 g/mol. The van der Waals surface area contributed by atoms with E-state index in [1.165, 1.54) is 5.69 Å². The second kappa shape index (κ2) is 3.07. The molecule has 61 valence electrons. The minimum Gasteiger partial charge on any atom is -0.269 e. The highest BCUT2D eigenvalue weighted by molar-refractivity contribution is 5.11. The Bertz CT molecular complexity index is 236. The van der Waals surface area contributed by atoms with E-state index in [9.17, 15) is 0 Å². The fourth-order valence-electron chi connectivity index (χ4n) is 1.01. The van der Waals surface area contributed by atoms with Gasteiger partial charge in [-0.2, -0.15) is 5.10 Å². The highest BCUT2D eigenvalue weighted by atomic mass is 15.3. The lowest BCUT2D eigenvalue weighted by Gasteiger charge is -2.06. The van der Waals surface area contributed by atoms with Gasteiger partial charge in [0.2, 0.25) is 0 Å². The third kappa shape index (κ3) is 1.82. The lowest BCUT2D eigenvalue weighted by atomic mass is 10.2. The number of rotatable bonds is 2. The van der Waals surface area contributed by atoms with Gasteiger partial charge in [-0.25, -0.2) is 0 Å². The summed E-state index contributed by atoms with van der Waals surface area (Å²) in [5.41, 5.74) is 2.39. The van der Waals surface area contributed by atoms with Gasteiger partial charge in [0.1, 0.15) is 6.20 Å². The normalized spacial score (nSPS) is 11.0. The SMILES string of the molecule is Cc1[c]nn(CC(C)C)c1C. The summed E-state index contributed by atoms with van der Waals surface area (Å²) in [4.78, 5) is 0. The van der Waals surface area contributed by atoms with Crippen LogP contribution in [0.3, 0.4) is 0 Å². The minimum absolute atomic E-state index is 0.654.